The Hall–Kier alpha value is -7.20. The number of hydrogen-bond donors (Lipinski definition) is 4. The fourth-order valence-corrected chi connectivity index (χ4v) is 8.24. The van der Waals surface area contributed by atoms with Crippen molar-refractivity contribution in [2.45, 2.75) is 114 Å². The van der Waals surface area contributed by atoms with Crippen molar-refractivity contribution >= 4 is 59.1 Å². The number of aromatic nitrogens is 4. The number of benzene rings is 5. The van der Waals surface area contributed by atoms with E-state index in [-0.39, 0.29) is 106 Å². The van der Waals surface area contributed by atoms with Crippen LogP contribution in [0.25, 0.3) is 22.5 Å². The van der Waals surface area contributed by atoms with Crippen molar-refractivity contribution in [3.63, 3.8) is 0 Å². The average molecular weight is 1240 g/mol. The van der Waals surface area contributed by atoms with E-state index in [1.165, 1.54) is 19.9 Å². The van der Waals surface area contributed by atoms with Crippen molar-refractivity contribution in [1.29, 1.82) is 0 Å². The highest BCUT2D eigenvalue weighted by Crippen LogP contribution is 2.32. The summed E-state index contributed by atoms with van der Waals surface area (Å²) in [5.41, 5.74) is 11.6. The molecule has 0 unspecified atom stereocenters. The number of rotatable bonds is 20. The van der Waals surface area contributed by atoms with Crippen molar-refractivity contribution < 1.29 is 65.6 Å². The molecule has 1 amide bonds. The molecule has 0 saturated carbocycles. The lowest BCUT2D eigenvalue weighted by molar-refractivity contribution is 0.0715. The zero-order valence-electron chi connectivity index (χ0n) is 45.5. The molecule has 2 aromatic heterocycles. The zero-order valence-corrected chi connectivity index (χ0v) is 47.8. The molecular weight excluding hydrogens is 1160 g/mol. The Morgan fingerprint density at radius 3 is 1.38 bits per heavy atom. The van der Waals surface area contributed by atoms with Crippen LogP contribution in [0.15, 0.2) is 97.3 Å². The molecule has 5 N–H and O–H groups in total. The molecule has 0 aliphatic heterocycles. The Bertz CT molecular complexity index is 3280. The monoisotopic (exact) mass is 1230 g/mol. The van der Waals surface area contributed by atoms with Gasteiger partial charge in [-0.25, -0.2) is 27.9 Å². The van der Waals surface area contributed by atoms with Crippen LogP contribution in [0.5, 0.6) is 17.2 Å². The Morgan fingerprint density at radius 2 is 1.00 bits per heavy atom. The normalized spacial score (nSPS) is 11.2. The van der Waals surface area contributed by atoms with Gasteiger partial charge in [0.25, 0.3) is 5.91 Å². The van der Waals surface area contributed by atoms with Gasteiger partial charge in [-0.1, -0.05) is 94.0 Å². The number of aliphatic hydroxyl groups is 2. The van der Waals surface area contributed by atoms with E-state index in [0.717, 1.165) is 52.2 Å². The van der Waals surface area contributed by atoms with Gasteiger partial charge in [-0.3, -0.25) is 14.4 Å². The number of hydrogen-bond acceptors (Lipinski definition) is 12. The summed E-state index contributed by atoms with van der Waals surface area (Å²) in [7, 11) is 3.61. The number of ketones is 2. The standard InChI is InChI=1S/C26H30ClN3O4.C16H10ClF5O3.C16H21N3O2.3CH4.ClH/c1-16(2)34-24-10-9-20(14-22(24)27)26(33)28-21(11-12-31)13-18-5-7-19(8-6-18)23-15-30(4)25(29-23)17(3)32;1-6(2)24-9-4-3-7(5-8(9)17)16(23)25-15-13(21)11(19)10(18)12(20)14(15)22;1-11(21)16-18-15(10-19(16)2)13-5-3-12(4-6-13)9-14(17)7-8-20;;;;/h5-10,14-16,21,31H,11-13H2,1-4H3,(H,28,33);3-6H,1-2H3;3-6,10,14,20H,7-9,17H2,1-2H3;3*1H4;1H/t21-;;14-;;;;/m1.1..../s1. The number of nitrogens with two attached hydrogens (primary N) is 1. The number of halogens is 8. The Labute approximate surface area is 503 Å². The maximum atomic E-state index is 13.5. The number of amides is 1. The van der Waals surface area contributed by atoms with Gasteiger partial charge in [0.1, 0.15) is 11.5 Å². The molecule has 5 aromatic carbocycles. The summed E-state index contributed by atoms with van der Waals surface area (Å²) in [6.07, 6.45) is 5.75. The van der Waals surface area contributed by atoms with Crippen molar-refractivity contribution in [3.8, 4) is 39.8 Å². The highest BCUT2D eigenvalue weighted by molar-refractivity contribution is 6.32. The molecule has 458 valence electrons. The maximum Gasteiger partial charge on any atom is 0.343 e. The first-order valence-electron chi connectivity index (χ1n) is 25.0. The minimum Gasteiger partial charge on any atom is -0.489 e. The zero-order chi connectivity index (χ0) is 59.1. The number of Topliss-reactive ketones (excluding diaryl/α,β-unsaturated/α-hetero) is 2. The van der Waals surface area contributed by atoms with Gasteiger partial charge in [0, 0.05) is 82.3 Å². The second-order valence-electron chi connectivity index (χ2n) is 18.9. The topological polar surface area (TPSA) is 210 Å². The van der Waals surface area contributed by atoms with Gasteiger partial charge in [-0.2, -0.15) is 8.78 Å². The Morgan fingerprint density at radius 1 is 0.607 bits per heavy atom. The predicted molar refractivity (Wildman–Crippen MR) is 320 cm³/mol. The molecule has 0 bridgehead atoms. The first-order valence-corrected chi connectivity index (χ1v) is 25.8. The molecule has 0 aliphatic rings. The number of nitrogens with zero attached hydrogens (tertiary/aromatic N) is 4. The predicted octanol–water partition coefficient (Wildman–Crippen LogP) is 13.4. The SMILES string of the molecule is C.C.C.CC(=O)c1nc(-c2ccc(C[C@@H](CCO)NC(=O)c3ccc(OC(C)C)c(Cl)c3)cc2)cn1C.CC(=O)c1nc(-c2ccc(C[C@H](N)CCO)cc2)cn1C.CC(C)Oc1ccc(C(=O)Oc2c(F)c(F)c(F)c(F)c2F)cc1Cl.Cl. The lowest BCUT2D eigenvalue weighted by atomic mass is 10.0. The number of carbonyl (C=O) groups excluding carboxylic acids is 4. The van der Waals surface area contributed by atoms with E-state index in [1.807, 2.05) is 81.8 Å². The molecule has 0 radical (unpaired) electrons. The molecule has 2 atom stereocenters. The van der Waals surface area contributed by atoms with E-state index >= 15 is 0 Å². The second kappa shape index (κ2) is 34.5. The van der Waals surface area contributed by atoms with Gasteiger partial charge < -0.3 is 44.6 Å². The number of nitrogens with one attached hydrogen (secondary N) is 1. The van der Waals surface area contributed by atoms with E-state index in [0.29, 0.717) is 47.2 Å². The minimum absolute atomic E-state index is 0. The van der Waals surface area contributed by atoms with Gasteiger partial charge >= 0.3 is 5.97 Å². The number of aliphatic hydroxyl groups excluding tert-OH is 2. The van der Waals surface area contributed by atoms with Crippen LogP contribution in [0.4, 0.5) is 22.0 Å². The summed E-state index contributed by atoms with van der Waals surface area (Å²) in [5.74, 6) is -13.1. The summed E-state index contributed by atoms with van der Waals surface area (Å²) < 4.78 is 84.9. The molecule has 15 nitrogen and oxygen atoms in total. The fourth-order valence-electron chi connectivity index (χ4n) is 7.79. The third kappa shape index (κ3) is 20.5. The number of esters is 1. The van der Waals surface area contributed by atoms with Gasteiger partial charge in [0.05, 0.1) is 39.2 Å². The summed E-state index contributed by atoms with van der Waals surface area (Å²) in [4.78, 5) is 56.6. The fraction of sp³-hybridized carbons (Fsp3) is 0.344. The minimum atomic E-state index is -2.35. The van der Waals surface area contributed by atoms with E-state index in [2.05, 4.69) is 20.0 Å². The summed E-state index contributed by atoms with van der Waals surface area (Å²) in [6.45, 7) is 10.4. The number of imidazole rings is 2. The molecule has 0 saturated heterocycles. The summed E-state index contributed by atoms with van der Waals surface area (Å²) in [5, 5.41) is 21.7. The lowest BCUT2D eigenvalue weighted by Crippen LogP contribution is -2.37. The van der Waals surface area contributed by atoms with Gasteiger partial charge in [-0.15, -0.1) is 12.4 Å². The van der Waals surface area contributed by atoms with Gasteiger partial charge in [-0.05, 0) is 101 Å². The Balaban J connectivity index is 0.000000634. The molecule has 84 heavy (non-hydrogen) atoms. The van der Waals surface area contributed by atoms with Crippen molar-refractivity contribution in [2.75, 3.05) is 13.2 Å². The molecule has 0 aliphatic carbocycles. The molecule has 7 aromatic rings. The van der Waals surface area contributed by atoms with Crippen LogP contribution in [0, 0.1) is 29.1 Å². The van der Waals surface area contributed by atoms with Crippen LogP contribution in [0.2, 0.25) is 10.0 Å². The van der Waals surface area contributed by atoms with E-state index < -0.39 is 40.8 Å². The lowest BCUT2D eigenvalue weighted by Gasteiger charge is -2.19. The van der Waals surface area contributed by atoms with E-state index in [9.17, 15) is 46.2 Å². The van der Waals surface area contributed by atoms with Crippen LogP contribution in [0.1, 0.15) is 130 Å². The number of aryl methyl sites for hydroxylation is 2. The van der Waals surface area contributed by atoms with Crippen LogP contribution >= 0.6 is 35.6 Å². The molecule has 0 spiro atoms. The molecule has 7 rings (SSSR count). The largest absolute Gasteiger partial charge is 0.489 e. The van der Waals surface area contributed by atoms with Crippen molar-refractivity contribution in [2.24, 2.45) is 19.8 Å². The van der Waals surface area contributed by atoms with Gasteiger partial charge in [0.15, 0.2) is 23.2 Å². The summed E-state index contributed by atoms with van der Waals surface area (Å²) in [6, 6.07) is 24.0. The first kappa shape index (κ1) is 74.8. The first-order chi connectivity index (χ1) is 37.8. The molecule has 2 heterocycles. The maximum absolute atomic E-state index is 13.5. The third-order valence-corrected chi connectivity index (χ3v) is 12.2. The molecular formula is C61H74Cl3F5N6O9. The molecule has 23 heteroatoms. The van der Waals surface area contributed by atoms with Crippen molar-refractivity contribution in [1.82, 2.24) is 24.4 Å². The highest BCUT2D eigenvalue weighted by atomic mass is 35.5. The van der Waals surface area contributed by atoms with Crippen molar-refractivity contribution in [3.05, 3.63) is 170 Å². The van der Waals surface area contributed by atoms with Crippen LogP contribution in [0.3, 0.4) is 0 Å². The van der Waals surface area contributed by atoms with Crippen LogP contribution in [-0.2, 0) is 26.9 Å². The van der Waals surface area contributed by atoms with Gasteiger partial charge in [0.2, 0.25) is 34.8 Å². The van der Waals surface area contributed by atoms with Crippen LogP contribution < -0.4 is 25.3 Å². The number of carbonyl (C=O) groups is 4. The highest BCUT2D eigenvalue weighted by Gasteiger charge is 2.29. The molecule has 0 fully saturated rings. The second-order valence-corrected chi connectivity index (χ2v) is 19.7. The Kier molecular flexibility index (Phi) is 30.8. The van der Waals surface area contributed by atoms with Crippen LogP contribution in [-0.4, -0.2) is 90.3 Å². The third-order valence-electron chi connectivity index (χ3n) is 11.6. The quantitative estimate of drug-likeness (QED) is 0.0140. The smallest absolute Gasteiger partial charge is 0.343 e. The number of ether oxygens (including phenoxy) is 3. The van der Waals surface area contributed by atoms with E-state index in [1.54, 1.807) is 48.2 Å². The van der Waals surface area contributed by atoms with E-state index in [4.69, 9.17) is 43.5 Å². The average Bonchev–Trinajstić information content (AvgIpc) is 2.78. The summed E-state index contributed by atoms with van der Waals surface area (Å²) >= 11 is 12.2.